The van der Waals surface area contributed by atoms with Crippen LogP contribution in [-0.2, 0) is 0 Å². The van der Waals surface area contributed by atoms with Gasteiger partial charge in [-0.25, -0.2) is 9.78 Å². The SMILES string of the molecule is Cc1nc(-n2cnc([N+](=O)[O-])n2)ccc1C(=O)O. The number of nitrogens with zero attached hydrogens (tertiary/aromatic N) is 5. The minimum Gasteiger partial charge on any atom is -0.478 e. The van der Waals surface area contributed by atoms with Crippen LogP contribution >= 0.6 is 0 Å². The van der Waals surface area contributed by atoms with Gasteiger partial charge in [0, 0.05) is 5.10 Å². The first-order valence-corrected chi connectivity index (χ1v) is 4.76. The topological polar surface area (TPSA) is 124 Å². The highest BCUT2D eigenvalue weighted by molar-refractivity contribution is 5.88. The Labute approximate surface area is 99.9 Å². The fourth-order valence-corrected chi connectivity index (χ4v) is 1.35. The molecule has 0 bridgehead atoms. The van der Waals surface area contributed by atoms with Crippen molar-refractivity contribution in [3.63, 3.8) is 0 Å². The number of carboxylic acids is 1. The lowest BCUT2D eigenvalue weighted by Gasteiger charge is -2.01. The monoisotopic (exact) mass is 249 g/mol. The summed E-state index contributed by atoms with van der Waals surface area (Å²) in [5.74, 6) is -1.37. The molecule has 2 heterocycles. The standard InChI is InChI=1S/C9H7N5O4/c1-5-6(8(15)16)2-3-7(11-5)13-4-10-9(12-13)14(17)18/h2-4H,1H3,(H,15,16). The maximum atomic E-state index is 10.8. The molecule has 18 heavy (non-hydrogen) atoms. The zero-order valence-electron chi connectivity index (χ0n) is 9.14. The molecule has 0 atom stereocenters. The van der Waals surface area contributed by atoms with Crippen molar-refractivity contribution in [1.82, 2.24) is 19.7 Å². The van der Waals surface area contributed by atoms with Gasteiger partial charge >= 0.3 is 11.9 Å². The van der Waals surface area contributed by atoms with Gasteiger partial charge in [0.2, 0.25) is 6.33 Å². The minimum atomic E-state index is -1.09. The van der Waals surface area contributed by atoms with Gasteiger partial charge < -0.3 is 15.2 Å². The van der Waals surface area contributed by atoms with Crippen LogP contribution in [0.5, 0.6) is 0 Å². The summed E-state index contributed by atoms with van der Waals surface area (Å²) in [7, 11) is 0. The second-order valence-electron chi connectivity index (χ2n) is 3.35. The van der Waals surface area contributed by atoms with Gasteiger partial charge in [-0.1, -0.05) is 4.98 Å². The number of aromatic nitrogens is 4. The Hall–Kier alpha value is -2.84. The fraction of sp³-hybridized carbons (Fsp3) is 0.111. The van der Waals surface area contributed by atoms with E-state index in [1.165, 1.54) is 19.1 Å². The van der Waals surface area contributed by atoms with Crippen molar-refractivity contribution in [3.05, 3.63) is 39.8 Å². The molecule has 0 unspecified atom stereocenters. The highest BCUT2D eigenvalue weighted by Gasteiger charge is 2.16. The Bertz CT molecular complexity index is 636. The number of aromatic carboxylic acids is 1. The lowest BCUT2D eigenvalue weighted by molar-refractivity contribution is -0.394. The summed E-state index contributed by atoms with van der Waals surface area (Å²) in [5, 5.41) is 22.9. The molecule has 0 fully saturated rings. The number of aryl methyl sites for hydroxylation is 1. The Morgan fingerprint density at radius 3 is 2.72 bits per heavy atom. The third-order valence-corrected chi connectivity index (χ3v) is 2.18. The largest absolute Gasteiger partial charge is 0.491 e. The molecule has 1 N–H and O–H groups in total. The normalized spacial score (nSPS) is 10.3. The van der Waals surface area contributed by atoms with Crippen LogP contribution in [0.4, 0.5) is 5.95 Å². The first-order valence-electron chi connectivity index (χ1n) is 4.76. The van der Waals surface area contributed by atoms with E-state index in [2.05, 4.69) is 15.1 Å². The van der Waals surface area contributed by atoms with Crippen molar-refractivity contribution in [3.8, 4) is 5.82 Å². The number of carboxylic acid groups (broad SMARTS) is 1. The average molecular weight is 249 g/mol. The quantitative estimate of drug-likeness (QED) is 0.622. The van der Waals surface area contributed by atoms with Crippen molar-refractivity contribution in [2.24, 2.45) is 0 Å². The Morgan fingerprint density at radius 2 is 2.22 bits per heavy atom. The van der Waals surface area contributed by atoms with E-state index in [-0.39, 0.29) is 17.1 Å². The highest BCUT2D eigenvalue weighted by atomic mass is 16.6. The van der Waals surface area contributed by atoms with Gasteiger partial charge in [0.05, 0.1) is 11.3 Å². The van der Waals surface area contributed by atoms with Crippen molar-refractivity contribution in [1.29, 1.82) is 0 Å². The molecule has 2 aromatic heterocycles. The van der Waals surface area contributed by atoms with Gasteiger partial charge in [-0.15, -0.1) is 4.68 Å². The number of hydrogen-bond acceptors (Lipinski definition) is 6. The average Bonchev–Trinajstić information content (AvgIpc) is 2.77. The lowest BCUT2D eigenvalue weighted by Crippen LogP contribution is -2.06. The number of carbonyl (C=O) groups is 1. The smallest absolute Gasteiger partial charge is 0.478 e. The van der Waals surface area contributed by atoms with Crippen molar-refractivity contribution in [2.75, 3.05) is 0 Å². The van der Waals surface area contributed by atoms with E-state index in [1.54, 1.807) is 0 Å². The molecule has 92 valence electrons. The summed E-state index contributed by atoms with van der Waals surface area (Å²) < 4.78 is 1.11. The van der Waals surface area contributed by atoms with E-state index in [1.807, 2.05) is 0 Å². The van der Waals surface area contributed by atoms with Crippen molar-refractivity contribution < 1.29 is 14.8 Å². The number of rotatable bonds is 3. The van der Waals surface area contributed by atoms with Crippen LogP contribution in [0.1, 0.15) is 16.1 Å². The molecular formula is C9H7N5O4. The number of hydrogen-bond donors (Lipinski definition) is 1. The van der Waals surface area contributed by atoms with Crippen LogP contribution in [0, 0.1) is 17.0 Å². The van der Waals surface area contributed by atoms with Crippen molar-refractivity contribution >= 4 is 11.9 Å². The van der Waals surface area contributed by atoms with Gasteiger partial charge in [0.1, 0.15) is 0 Å². The summed E-state index contributed by atoms with van der Waals surface area (Å²) in [6.45, 7) is 1.53. The molecule has 0 aliphatic carbocycles. The minimum absolute atomic E-state index is 0.0633. The lowest BCUT2D eigenvalue weighted by atomic mass is 10.2. The molecule has 2 aromatic rings. The molecule has 0 amide bonds. The molecule has 0 aliphatic rings. The summed E-state index contributed by atoms with van der Waals surface area (Å²) in [6.07, 6.45) is 1.14. The molecule has 9 nitrogen and oxygen atoms in total. The third kappa shape index (κ3) is 2.00. The predicted octanol–water partition coefficient (Wildman–Crippen LogP) is 0.577. The third-order valence-electron chi connectivity index (χ3n) is 2.18. The molecule has 0 radical (unpaired) electrons. The van der Waals surface area contributed by atoms with E-state index in [4.69, 9.17) is 5.11 Å². The molecule has 0 aromatic carbocycles. The first kappa shape index (κ1) is 11.6. The van der Waals surface area contributed by atoms with Gasteiger partial charge in [-0.05, 0) is 24.0 Å². The molecule has 2 rings (SSSR count). The van der Waals surface area contributed by atoms with Gasteiger partial charge in [-0.3, -0.25) is 0 Å². The van der Waals surface area contributed by atoms with Crippen LogP contribution in [0.2, 0.25) is 0 Å². The van der Waals surface area contributed by atoms with E-state index in [0.717, 1.165) is 11.0 Å². The summed E-state index contributed by atoms with van der Waals surface area (Å²) in [5.41, 5.74) is 0.353. The predicted molar refractivity (Wildman–Crippen MR) is 57.5 cm³/mol. The van der Waals surface area contributed by atoms with Crippen molar-refractivity contribution in [2.45, 2.75) is 6.92 Å². The fourth-order valence-electron chi connectivity index (χ4n) is 1.35. The maximum Gasteiger partial charge on any atom is 0.491 e. The van der Waals surface area contributed by atoms with Crippen LogP contribution < -0.4 is 0 Å². The highest BCUT2D eigenvalue weighted by Crippen LogP contribution is 2.11. The Balaban J connectivity index is 2.42. The molecular weight excluding hydrogens is 242 g/mol. The summed E-state index contributed by atoms with van der Waals surface area (Å²) in [4.78, 5) is 28.0. The zero-order chi connectivity index (χ0) is 13.3. The second-order valence-corrected chi connectivity index (χ2v) is 3.35. The van der Waals surface area contributed by atoms with Crippen LogP contribution in [0.3, 0.4) is 0 Å². The summed E-state index contributed by atoms with van der Waals surface area (Å²) >= 11 is 0. The molecule has 0 spiro atoms. The van der Waals surface area contributed by atoms with Gasteiger partial charge in [-0.2, -0.15) is 0 Å². The Kier molecular flexibility index (Phi) is 2.72. The van der Waals surface area contributed by atoms with Gasteiger partial charge in [0.25, 0.3) is 0 Å². The maximum absolute atomic E-state index is 10.8. The van der Waals surface area contributed by atoms with Gasteiger partial charge in [0.15, 0.2) is 5.82 Å². The van der Waals surface area contributed by atoms with Crippen LogP contribution in [-0.4, -0.2) is 35.7 Å². The molecule has 0 saturated heterocycles. The van der Waals surface area contributed by atoms with E-state index in [0.29, 0.717) is 0 Å². The van der Waals surface area contributed by atoms with E-state index >= 15 is 0 Å². The zero-order valence-corrected chi connectivity index (χ0v) is 9.14. The molecule has 0 aliphatic heterocycles. The van der Waals surface area contributed by atoms with Crippen LogP contribution in [0.25, 0.3) is 5.82 Å². The van der Waals surface area contributed by atoms with E-state index in [9.17, 15) is 14.9 Å². The van der Waals surface area contributed by atoms with E-state index < -0.39 is 16.8 Å². The molecule has 9 heteroatoms. The number of nitro groups is 1. The molecule has 0 saturated carbocycles. The Morgan fingerprint density at radius 1 is 1.50 bits per heavy atom. The summed E-state index contributed by atoms with van der Waals surface area (Å²) in [6, 6.07) is 2.75. The van der Waals surface area contributed by atoms with Crippen LogP contribution in [0.15, 0.2) is 18.5 Å². The first-order chi connectivity index (χ1) is 8.49. The second kappa shape index (κ2) is 4.20. The number of pyridine rings is 1.